The van der Waals surface area contributed by atoms with E-state index >= 15 is 0 Å². The van der Waals surface area contributed by atoms with Gasteiger partial charge >= 0.3 is 0 Å². The second kappa shape index (κ2) is 8.20. The first-order chi connectivity index (χ1) is 12.4. The van der Waals surface area contributed by atoms with Gasteiger partial charge in [0.25, 0.3) is 5.91 Å². The number of nitrogens with one attached hydrogen (secondary N) is 1. The first-order valence-corrected chi connectivity index (χ1v) is 9.87. The molecular formula is C19H16BrClN2O2S. The van der Waals surface area contributed by atoms with Crippen LogP contribution in [0.1, 0.15) is 11.8 Å². The van der Waals surface area contributed by atoms with Gasteiger partial charge < -0.3 is 4.74 Å². The Kier molecular flexibility index (Phi) is 5.96. The predicted molar refractivity (Wildman–Crippen MR) is 110 cm³/mol. The minimum absolute atomic E-state index is 0.253. The van der Waals surface area contributed by atoms with E-state index in [9.17, 15) is 4.79 Å². The number of carbonyl (C=O) groups is 1. The van der Waals surface area contributed by atoms with Crippen LogP contribution in [-0.4, -0.2) is 17.0 Å². The van der Waals surface area contributed by atoms with Crippen molar-refractivity contribution in [2.45, 2.75) is 20.0 Å². The summed E-state index contributed by atoms with van der Waals surface area (Å²) in [7, 11) is 0. The van der Waals surface area contributed by atoms with Crippen LogP contribution in [-0.2, 0) is 4.79 Å². The van der Waals surface area contributed by atoms with Gasteiger partial charge in [-0.05, 0) is 44.2 Å². The van der Waals surface area contributed by atoms with E-state index in [2.05, 4.69) is 26.2 Å². The first-order valence-electron chi connectivity index (χ1n) is 7.89. The molecule has 0 aliphatic rings. The number of hydrogen-bond acceptors (Lipinski definition) is 4. The molecule has 26 heavy (non-hydrogen) atoms. The van der Waals surface area contributed by atoms with E-state index in [4.69, 9.17) is 16.3 Å². The number of hydrogen-bond donors (Lipinski definition) is 1. The molecule has 3 rings (SSSR count). The molecule has 1 atom stereocenters. The summed E-state index contributed by atoms with van der Waals surface area (Å²) in [5.74, 6) is 0.369. The zero-order valence-electron chi connectivity index (χ0n) is 14.1. The second-order valence-electron chi connectivity index (χ2n) is 5.64. The molecule has 0 fully saturated rings. The number of anilines is 1. The number of aromatic nitrogens is 1. The average Bonchev–Trinajstić information content (AvgIpc) is 2.95. The summed E-state index contributed by atoms with van der Waals surface area (Å²) < 4.78 is 6.58. The van der Waals surface area contributed by atoms with Crippen LogP contribution in [0.5, 0.6) is 5.75 Å². The second-order valence-corrected chi connectivity index (χ2v) is 8.20. The number of benzene rings is 2. The van der Waals surface area contributed by atoms with Crippen molar-refractivity contribution in [1.29, 1.82) is 0 Å². The molecule has 0 spiro atoms. The molecule has 0 saturated carbocycles. The Bertz CT molecular complexity index is 945. The van der Waals surface area contributed by atoms with Crippen molar-refractivity contribution in [3.8, 4) is 17.0 Å². The van der Waals surface area contributed by atoms with Crippen LogP contribution in [0.15, 0.2) is 53.0 Å². The molecule has 4 nitrogen and oxygen atoms in total. The van der Waals surface area contributed by atoms with Gasteiger partial charge in [-0.15, -0.1) is 11.3 Å². The van der Waals surface area contributed by atoms with Crippen LogP contribution >= 0.6 is 38.9 Å². The van der Waals surface area contributed by atoms with Gasteiger partial charge in [-0.1, -0.05) is 45.7 Å². The Hall–Kier alpha value is -1.89. The Morgan fingerprint density at radius 1 is 1.27 bits per heavy atom. The lowest BCUT2D eigenvalue weighted by Gasteiger charge is -2.13. The largest absolute Gasteiger partial charge is 0.481 e. The lowest BCUT2D eigenvalue weighted by Crippen LogP contribution is -2.30. The number of amides is 1. The van der Waals surface area contributed by atoms with Crippen molar-refractivity contribution in [1.82, 2.24) is 4.98 Å². The zero-order valence-corrected chi connectivity index (χ0v) is 17.3. The monoisotopic (exact) mass is 450 g/mol. The highest BCUT2D eigenvalue weighted by Crippen LogP contribution is 2.31. The number of thiazole rings is 1. The minimum atomic E-state index is -0.650. The number of rotatable bonds is 5. The van der Waals surface area contributed by atoms with E-state index in [0.717, 1.165) is 20.6 Å². The number of halogens is 2. The van der Waals surface area contributed by atoms with Gasteiger partial charge in [-0.2, -0.15) is 0 Å². The molecule has 0 radical (unpaired) electrons. The third kappa shape index (κ3) is 4.63. The molecule has 0 saturated heterocycles. The minimum Gasteiger partial charge on any atom is -0.481 e. The van der Waals surface area contributed by atoms with Crippen molar-refractivity contribution in [3.63, 3.8) is 0 Å². The topological polar surface area (TPSA) is 51.2 Å². The Labute approximate surface area is 169 Å². The van der Waals surface area contributed by atoms with Crippen LogP contribution in [0, 0.1) is 6.92 Å². The van der Waals surface area contributed by atoms with Crippen molar-refractivity contribution in [2.24, 2.45) is 0 Å². The summed E-state index contributed by atoms with van der Waals surface area (Å²) in [6, 6.07) is 14.9. The molecule has 7 heteroatoms. The van der Waals surface area contributed by atoms with E-state index < -0.39 is 6.10 Å². The molecule has 0 bridgehead atoms. The molecule has 1 unspecified atom stereocenters. The van der Waals surface area contributed by atoms with Crippen LogP contribution in [0.4, 0.5) is 5.13 Å². The molecule has 1 aromatic heterocycles. The molecule has 2 aromatic carbocycles. The predicted octanol–water partition coefficient (Wildman–Crippen LogP) is 5.94. The Morgan fingerprint density at radius 2 is 2.04 bits per heavy atom. The van der Waals surface area contributed by atoms with Gasteiger partial charge in [0.05, 0.1) is 5.69 Å². The summed E-state index contributed by atoms with van der Waals surface area (Å²) in [4.78, 5) is 17.9. The zero-order chi connectivity index (χ0) is 18.7. The van der Waals surface area contributed by atoms with Crippen LogP contribution in [0.2, 0.25) is 5.02 Å². The van der Waals surface area contributed by atoms with Gasteiger partial charge in [0.15, 0.2) is 11.2 Å². The maximum atomic E-state index is 12.4. The average molecular weight is 452 g/mol. The third-order valence-corrected chi connectivity index (χ3v) is 5.22. The Morgan fingerprint density at radius 3 is 2.77 bits per heavy atom. The van der Waals surface area contributed by atoms with Gasteiger partial charge in [0, 0.05) is 19.9 Å². The first kappa shape index (κ1) is 18.9. The highest BCUT2D eigenvalue weighted by molar-refractivity contribution is 9.10. The Balaban J connectivity index is 1.70. The molecule has 134 valence electrons. The van der Waals surface area contributed by atoms with E-state index in [-0.39, 0.29) is 5.91 Å². The van der Waals surface area contributed by atoms with Crippen molar-refractivity contribution < 1.29 is 9.53 Å². The normalized spacial score (nSPS) is 11.8. The lowest BCUT2D eigenvalue weighted by molar-refractivity contribution is -0.122. The summed E-state index contributed by atoms with van der Waals surface area (Å²) in [6.45, 7) is 3.67. The maximum absolute atomic E-state index is 12.4. The number of nitrogens with zero attached hydrogens (tertiary/aromatic N) is 1. The summed E-state index contributed by atoms with van der Waals surface area (Å²) in [6.07, 6.45) is -0.650. The molecular weight excluding hydrogens is 436 g/mol. The number of ether oxygens (including phenoxy) is 1. The van der Waals surface area contributed by atoms with Gasteiger partial charge in [-0.25, -0.2) is 4.98 Å². The highest BCUT2D eigenvalue weighted by Gasteiger charge is 2.18. The molecule has 0 aliphatic carbocycles. The quantitative estimate of drug-likeness (QED) is 0.522. The van der Waals surface area contributed by atoms with Gasteiger partial charge in [0.2, 0.25) is 0 Å². The summed E-state index contributed by atoms with van der Waals surface area (Å²) >= 11 is 10.9. The number of carbonyl (C=O) groups excluding carboxylic acids is 1. The van der Waals surface area contributed by atoms with Gasteiger partial charge in [-0.3, -0.25) is 10.1 Å². The molecule has 1 amide bonds. The molecule has 3 aromatic rings. The highest BCUT2D eigenvalue weighted by atomic mass is 79.9. The lowest BCUT2D eigenvalue weighted by atomic mass is 10.1. The van der Waals surface area contributed by atoms with E-state index in [1.54, 1.807) is 13.0 Å². The molecule has 1 heterocycles. The summed E-state index contributed by atoms with van der Waals surface area (Å²) in [5.41, 5.74) is 1.73. The van der Waals surface area contributed by atoms with Crippen LogP contribution < -0.4 is 10.1 Å². The molecule has 1 N–H and O–H groups in total. The standard InChI is InChI=1S/C19H16BrClN2O2S/c1-11(25-16-8-4-6-14(20)10-16)18(24)23-19-22-17(12(2)26-19)13-5-3-7-15(21)9-13/h3-11H,1-2H3,(H,22,23,24). The fraction of sp³-hybridized carbons (Fsp3) is 0.158. The fourth-order valence-corrected chi connectivity index (χ4v) is 3.77. The smallest absolute Gasteiger partial charge is 0.266 e. The fourth-order valence-electron chi connectivity index (χ4n) is 2.36. The van der Waals surface area contributed by atoms with Crippen LogP contribution in [0.3, 0.4) is 0 Å². The van der Waals surface area contributed by atoms with E-state index in [1.807, 2.05) is 49.4 Å². The molecule has 0 aliphatic heterocycles. The third-order valence-electron chi connectivity index (χ3n) is 3.60. The van der Waals surface area contributed by atoms with Crippen molar-refractivity contribution in [3.05, 3.63) is 62.9 Å². The van der Waals surface area contributed by atoms with E-state index in [0.29, 0.717) is 15.9 Å². The summed E-state index contributed by atoms with van der Waals surface area (Å²) in [5, 5.41) is 4.00. The maximum Gasteiger partial charge on any atom is 0.266 e. The van der Waals surface area contributed by atoms with Gasteiger partial charge in [0.1, 0.15) is 5.75 Å². The van der Waals surface area contributed by atoms with Crippen molar-refractivity contribution in [2.75, 3.05) is 5.32 Å². The van der Waals surface area contributed by atoms with Crippen molar-refractivity contribution >= 4 is 49.9 Å². The SMILES string of the molecule is Cc1sc(NC(=O)C(C)Oc2cccc(Br)c2)nc1-c1cccc(Cl)c1. The van der Waals surface area contributed by atoms with Crippen LogP contribution in [0.25, 0.3) is 11.3 Å². The number of aryl methyl sites for hydroxylation is 1. The van der Waals surface area contributed by atoms with E-state index in [1.165, 1.54) is 11.3 Å².